The highest BCUT2D eigenvalue weighted by molar-refractivity contribution is 9.10. The molecular formula is C14H17BrN2O. The molecule has 18 heavy (non-hydrogen) atoms. The first-order valence-electron chi connectivity index (χ1n) is 6.46. The van der Waals surface area contributed by atoms with Crippen LogP contribution in [0.2, 0.25) is 0 Å². The predicted molar refractivity (Wildman–Crippen MR) is 75.6 cm³/mol. The number of aryl methyl sites for hydroxylation is 1. The summed E-state index contributed by atoms with van der Waals surface area (Å²) < 4.78 is 1.00. The van der Waals surface area contributed by atoms with Crippen LogP contribution in [0.3, 0.4) is 0 Å². The molecule has 0 aliphatic carbocycles. The lowest BCUT2D eigenvalue weighted by atomic mass is 9.88. The van der Waals surface area contributed by atoms with Gasteiger partial charge in [-0.25, -0.2) is 0 Å². The summed E-state index contributed by atoms with van der Waals surface area (Å²) in [6.45, 7) is 2.03. The summed E-state index contributed by atoms with van der Waals surface area (Å²) >= 11 is 3.46. The minimum atomic E-state index is 0.142. The van der Waals surface area contributed by atoms with Crippen LogP contribution in [-0.4, -0.2) is 18.0 Å². The van der Waals surface area contributed by atoms with Crippen molar-refractivity contribution in [3.05, 3.63) is 28.2 Å². The Hall–Kier alpha value is -0.870. The van der Waals surface area contributed by atoms with E-state index in [-0.39, 0.29) is 11.8 Å². The molecule has 3 unspecified atom stereocenters. The second kappa shape index (κ2) is 4.67. The number of carbonyl (C=O) groups excluding carboxylic acids is 1. The molecule has 2 N–H and O–H groups in total. The van der Waals surface area contributed by atoms with E-state index >= 15 is 0 Å². The first-order chi connectivity index (χ1) is 8.61. The third kappa shape index (κ3) is 2.31. The fourth-order valence-electron chi connectivity index (χ4n) is 3.16. The van der Waals surface area contributed by atoms with E-state index in [1.54, 1.807) is 0 Å². The van der Waals surface area contributed by atoms with Crippen LogP contribution in [0, 0.1) is 12.8 Å². The van der Waals surface area contributed by atoms with Crippen LogP contribution in [0.5, 0.6) is 0 Å². The van der Waals surface area contributed by atoms with E-state index < -0.39 is 0 Å². The van der Waals surface area contributed by atoms with Gasteiger partial charge in [0, 0.05) is 22.2 Å². The number of hydrogen-bond donors (Lipinski definition) is 2. The van der Waals surface area contributed by atoms with Crippen molar-refractivity contribution in [2.45, 2.75) is 38.3 Å². The molecule has 3 atom stereocenters. The topological polar surface area (TPSA) is 41.1 Å². The van der Waals surface area contributed by atoms with E-state index in [4.69, 9.17) is 0 Å². The molecule has 2 fully saturated rings. The lowest BCUT2D eigenvalue weighted by Crippen LogP contribution is -2.32. The van der Waals surface area contributed by atoms with Gasteiger partial charge in [0.15, 0.2) is 0 Å². The van der Waals surface area contributed by atoms with Gasteiger partial charge < -0.3 is 10.6 Å². The van der Waals surface area contributed by atoms with Crippen molar-refractivity contribution >= 4 is 27.5 Å². The number of anilines is 1. The van der Waals surface area contributed by atoms with Crippen LogP contribution in [-0.2, 0) is 4.79 Å². The summed E-state index contributed by atoms with van der Waals surface area (Å²) in [6.07, 6.45) is 3.36. The Morgan fingerprint density at radius 1 is 1.39 bits per heavy atom. The first kappa shape index (κ1) is 12.2. The maximum Gasteiger partial charge on any atom is 0.229 e. The van der Waals surface area contributed by atoms with E-state index in [1.165, 1.54) is 6.42 Å². The molecule has 2 saturated heterocycles. The Bertz CT molecular complexity index is 468. The second-order valence-corrected chi connectivity index (χ2v) is 6.31. The molecular weight excluding hydrogens is 292 g/mol. The minimum Gasteiger partial charge on any atom is -0.326 e. The lowest BCUT2D eigenvalue weighted by Gasteiger charge is -2.19. The number of amides is 1. The Morgan fingerprint density at radius 2 is 2.22 bits per heavy atom. The van der Waals surface area contributed by atoms with Gasteiger partial charge in [0.05, 0.1) is 5.92 Å². The largest absolute Gasteiger partial charge is 0.326 e. The van der Waals surface area contributed by atoms with Gasteiger partial charge in [0.2, 0.25) is 5.91 Å². The average Bonchev–Trinajstić information content (AvgIpc) is 2.88. The second-order valence-electron chi connectivity index (χ2n) is 5.40. The molecule has 2 bridgehead atoms. The van der Waals surface area contributed by atoms with E-state index in [9.17, 15) is 4.79 Å². The van der Waals surface area contributed by atoms with Gasteiger partial charge in [0.25, 0.3) is 0 Å². The molecule has 3 rings (SSSR count). The number of nitrogens with one attached hydrogen (secondary N) is 2. The predicted octanol–water partition coefficient (Wildman–Crippen LogP) is 2.84. The Labute approximate surface area is 115 Å². The third-order valence-corrected chi connectivity index (χ3v) is 4.40. The van der Waals surface area contributed by atoms with Crippen molar-refractivity contribution in [1.82, 2.24) is 5.32 Å². The number of fused-ring (bicyclic) bond motifs is 2. The molecule has 0 spiro atoms. The number of benzene rings is 1. The zero-order valence-corrected chi connectivity index (χ0v) is 12.0. The van der Waals surface area contributed by atoms with Crippen LogP contribution < -0.4 is 10.6 Å². The molecule has 2 heterocycles. The number of halogens is 1. The molecule has 1 aromatic carbocycles. The Morgan fingerprint density at radius 3 is 2.83 bits per heavy atom. The molecule has 3 nitrogen and oxygen atoms in total. The monoisotopic (exact) mass is 308 g/mol. The highest BCUT2D eigenvalue weighted by atomic mass is 79.9. The highest BCUT2D eigenvalue weighted by Crippen LogP contribution is 2.34. The first-order valence-corrected chi connectivity index (χ1v) is 7.25. The highest BCUT2D eigenvalue weighted by Gasteiger charge is 2.42. The van der Waals surface area contributed by atoms with Gasteiger partial charge in [-0.05, 0) is 49.9 Å². The summed E-state index contributed by atoms with van der Waals surface area (Å²) in [5, 5.41) is 6.54. The number of carbonyl (C=O) groups is 1. The molecule has 1 aromatic rings. The zero-order chi connectivity index (χ0) is 12.7. The Kier molecular flexibility index (Phi) is 3.16. The summed E-state index contributed by atoms with van der Waals surface area (Å²) in [7, 11) is 0. The average molecular weight is 309 g/mol. The van der Waals surface area contributed by atoms with E-state index in [0.29, 0.717) is 12.1 Å². The van der Waals surface area contributed by atoms with Gasteiger partial charge in [0.1, 0.15) is 0 Å². The van der Waals surface area contributed by atoms with Crippen molar-refractivity contribution in [2.24, 2.45) is 5.92 Å². The molecule has 1 amide bonds. The van der Waals surface area contributed by atoms with Crippen molar-refractivity contribution < 1.29 is 4.79 Å². The van der Waals surface area contributed by atoms with Gasteiger partial charge in [-0.3, -0.25) is 4.79 Å². The SMILES string of the molecule is Cc1cc(Br)cc(NC(=O)C2CC3CCC2N3)c1. The molecule has 0 radical (unpaired) electrons. The van der Waals surface area contributed by atoms with E-state index in [2.05, 4.69) is 26.6 Å². The number of rotatable bonds is 2. The normalized spacial score (nSPS) is 29.6. The van der Waals surface area contributed by atoms with Crippen molar-refractivity contribution in [3.63, 3.8) is 0 Å². The fourth-order valence-corrected chi connectivity index (χ4v) is 3.77. The van der Waals surface area contributed by atoms with Crippen LogP contribution in [0.25, 0.3) is 0 Å². The maximum absolute atomic E-state index is 12.3. The van der Waals surface area contributed by atoms with Crippen molar-refractivity contribution in [2.75, 3.05) is 5.32 Å². The van der Waals surface area contributed by atoms with E-state index in [1.807, 2.05) is 25.1 Å². The van der Waals surface area contributed by atoms with Crippen molar-refractivity contribution in [3.8, 4) is 0 Å². The molecule has 0 saturated carbocycles. The van der Waals surface area contributed by atoms with Gasteiger partial charge in [-0.15, -0.1) is 0 Å². The summed E-state index contributed by atoms with van der Waals surface area (Å²) in [4.78, 5) is 12.3. The van der Waals surface area contributed by atoms with Crippen molar-refractivity contribution in [1.29, 1.82) is 0 Å². The zero-order valence-electron chi connectivity index (χ0n) is 10.4. The van der Waals surface area contributed by atoms with Crippen LogP contribution in [0.4, 0.5) is 5.69 Å². The molecule has 0 aromatic heterocycles. The molecule has 96 valence electrons. The summed E-state index contributed by atoms with van der Waals surface area (Å²) in [5.74, 6) is 0.301. The molecule has 2 aliphatic rings. The fraction of sp³-hybridized carbons (Fsp3) is 0.500. The standard InChI is InChI=1S/C14H17BrN2O/c1-8-4-9(15)6-11(5-8)17-14(18)12-7-10-2-3-13(12)16-10/h4-6,10,12-13,16H,2-3,7H2,1H3,(H,17,18). The van der Waals surface area contributed by atoms with Crippen LogP contribution >= 0.6 is 15.9 Å². The Balaban J connectivity index is 1.70. The third-order valence-electron chi connectivity index (χ3n) is 3.95. The summed E-state index contributed by atoms with van der Waals surface area (Å²) in [6, 6.07) is 6.95. The van der Waals surface area contributed by atoms with E-state index in [0.717, 1.165) is 28.6 Å². The molecule has 2 aliphatic heterocycles. The minimum absolute atomic E-state index is 0.142. The number of hydrogen-bond acceptors (Lipinski definition) is 2. The maximum atomic E-state index is 12.3. The lowest BCUT2D eigenvalue weighted by molar-refractivity contribution is -0.120. The van der Waals surface area contributed by atoms with Crippen LogP contribution in [0.1, 0.15) is 24.8 Å². The van der Waals surface area contributed by atoms with Gasteiger partial charge in [-0.2, -0.15) is 0 Å². The summed E-state index contributed by atoms with van der Waals surface area (Å²) in [5.41, 5.74) is 2.03. The molecule has 4 heteroatoms. The van der Waals surface area contributed by atoms with Gasteiger partial charge >= 0.3 is 0 Å². The smallest absolute Gasteiger partial charge is 0.229 e. The quantitative estimate of drug-likeness (QED) is 0.882. The van der Waals surface area contributed by atoms with Gasteiger partial charge in [-0.1, -0.05) is 15.9 Å². The van der Waals surface area contributed by atoms with Crippen LogP contribution in [0.15, 0.2) is 22.7 Å².